The van der Waals surface area contributed by atoms with E-state index in [9.17, 15) is 19.6 Å². The second kappa shape index (κ2) is 13.2. The van der Waals surface area contributed by atoms with Crippen molar-refractivity contribution in [3.05, 3.63) is 31.9 Å². The SMILES string of the molecule is CCCCn1c(N2CCCC(C(=O)OCC)C2)c(/C=C2/SC(=S)N(CCOC)C2=O)c(C)c(C#N)c1=O. The number of nitrogens with zero attached hydrogens (tertiary/aromatic N) is 4. The number of carbonyl (C=O) groups is 2. The average molecular weight is 547 g/mol. The standard InChI is InChI=1S/C26H34N4O5S2/c1-5-7-11-29-22(28-10-8-9-18(16-28)25(33)35-6-2)19(17(3)20(15-27)23(29)31)14-21-24(32)30(12-13-34-4)26(36)37-21/h14,18H,5-13,16H2,1-4H3/b21-14+. The van der Waals surface area contributed by atoms with Crippen LogP contribution in [0.25, 0.3) is 6.08 Å². The number of aromatic nitrogens is 1. The summed E-state index contributed by atoms with van der Waals surface area (Å²) in [6.07, 6.45) is 4.81. The maximum absolute atomic E-state index is 13.5. The smallest absolute Gasteiger partial charge is 0.310 e. The van der Waals surface area contributed by atoms with Gasteiger partial charge in [0.15, 0.2) is 0 Å². The van der Waals surface area contributed by atoms with Gasteiger partial charge in [-0.3, -0.25) is 23.9 Å². The first-order valence-corrected chi connectivity index (χ1v) is 13.8. The van der Waals surface area contributed by atoms with E-state index in [-0.39, 0.29) is 28.9 Å². The topological polar surface area (TPSA) is 105 Å². The Hall–Kier alpha value is -2.68. The van der Waals surface area contributed by atoms with Crippen molar-refractivity contribution in [2.45, 2.75) is 53.0 Å². The number of unbranched alkanes of at least 4 members (excludes halogenated alkanes) is 1. The first kappa shape index (κ1) is 28.9. The third kappa shape index (κ3) is 6.25. The number of ether oxygens (including phenoxy) is 2. The van der Waals surface area contributed by atoms with Gasteiger partial charge >= 0.3 is 5.97 Å². The van der Waals surface area contributed by atoms with Crippen LogP contribution < -0.4 is 10.5 Å². The third-order valence-electron chi connectivity index (χ3n) is 6.59. The lowest BCUT2D eigenvalue weighted by atomic mass is 9.96. The molecule has 0 radical (unpaired) electrons. The fourth-order valence-electron chi connectivity index (χ4n) is 4.64. The number of methoxy groups -OCH3 is 1. The molecular weight excluding hydrogens is 512 g/mol. The van der Waals surface area contributed by atoms with Crippen LogP contribution in [0.5, 0.6) is 0 Å². The minimum Gasteiger partial charge on any atom is -0.466 e. The number of nitriles is 1. The number of hydrogen-bond acceptors (Lipinski definition) is 9. The van der Waals surface area contributed by atoms with E-state index in [2.05, 4.69) is 6.07 Å². The Morgan fingerprint density at radius 2 is 2.05 bits per heavy atom. The van der Waals surface area contributed by atoms with Gasteiger partial charge < -0.3 is 14.4 Å². The van der Waals surface area contributed by atoms with Crippen molar-refractivity contribution >= 4 is 52.1 Å². The number of thiocarbonyl (C=S) groups is 1. The van der Waals surface area contributed by atoms with E-state index in [1.807, 2.05) is 11.8 Å². The highest BCUT2D eigenvalue weighted by atomic mass is 32.2. The Morgan fingerprint density at radius 1 is 1.30 bits per heavy atom. The van der Waals surface area contributed by atoms with Crippen molar-refractivity contribution < 1.29 is 19.1 Å². The lowest BCUT2D eigenvalue weighted by Gasteiger charge is -2.36. The van der Waals surface area contributed by atoms with Gasteiger partial charge in [0, 0.05) is 32.3 Å². The summed E-state index contributed by atoms with van der Waals surface area (Å²) < 4.78 is 12.5. The number of anilines is 1. The Kier molecular flexibility index (Phi) is 10.3. The molecule has 1 atom stereocenters. The van der Waals surface area contributed by atoms with E-state index in [0.29, 0.717) is 72.0 Å². The number of hydrogen-bond donors (Lipinski definition) is 0. The third-order valence-corrected chi connectivity index (χ3v) is 7.97. The van der Waals surface area contributed by atoms with Crippen LogP contribution in [-0.4, -0.2) is 65.6 Å². The second-order valence-electron chi connectivity index (χ2n) is 9.02. The van der Waals surface area contributed by atoms with Crippen LogP contribution in [0.4, 0.5) is 5.82 Å². The molecule has 2 aliphatic rings. The van der Waals surface area contributed by atoms with E-state index in [1.165, 1.54) is 16.7 Å². The highest BCUT2D eigenvalue weighted by Gasteiger charge is 2.34. The number of esters is 1. The van der Waals surface area contributed by atoms with Gasteiger partial charge in [0.2, 0.25) is 0 Å². The zero-order chi connectivity index (χ0) is 27.1. The molecule has 0 saturated carbocycles. The molecule has 0 aliphatic carbocycles. The molecule has 1 aromatic rings. The molecule has 1 aromatic heterocycles. The van der Waals surface area contributed by atoms with Crippen LogP contribution >= 0.6 is 24.0 Å². The molecule has 2 aliphatic heterocycles. The Morgan fingerprint density at radius 3 is 2.70 bits per heavy atom. The fraction of sp³-hybridized carbons (Fsp3) is 0.577. The van der Waals surface area contributed by atoms with Crippen LogP contribution in [0.1, 0.15) is 56.2 Å². The summed E-state index contributed by atoms with van der Waals surface area (Å²) in [4.78, 5) is 43.2. The number of thioether (sulfide) groups is 1. The summed E-state index contributed by atoms with van der Waals surface area (Å²) in [6.45, 7) is 8.02. The van der Waals surface area contributed by atoms with E-state index >= 15 is 0 Å². The van der Waals surface area contributed by atoms with Gasteiger partial charge in [0.05, 0.1) is 30.6 Å². The molecule has 11 heteroatoms. The number of pyridine rings is 1. The maximum atomic E-state index is 13.5. The van der Waals surface area contributed by atoms with Crippen molar-refractivity contribution in [3.63, 3.8) is 0 Å². The van der Waals surface area contributed by atoms with Crippen LogP contribution in [0.2, 0.25) is 0 Å². The molecule has 3 heterocycles. The normalized spacial score (nSPS) is 19.0. The monoisotopic (exact) mass is 546 g/mol. The summed E-state index contributed by atoms with van der Waals surface area (Å²) in [5, 5.41) is 9.87. The lowest BCUT2D eigenvalue weighted by Crippen LogP contribution is -2.43. The lowest BCUT2D eigenvalue weighted by molar-refractivity contribution is -0.148. The van der Waals surface area contributed by atoms with Gasteiger partial charge in [-0.25, -0.2) is 0 Å². The molecule has 0 N–H and O–H groups in total. The molecule has 2 fully saturated rings. The van der Waals surface area contributed by atoms with Crippen molar-refractivity contribution in [1.29, 1.82) is 5.26 Å². The second-order valence-corrected chi connectivity index (χ2v) is 10.7. The largest absolute Gasteiger partial charge is 0.466 e. The van der Waals surface area contributed by atoms with Crippen LogP contribution in [0, 0.1) is 24.2 Å². The molecular formula is C26H34N4O5S2. The van der Waals surface area contributed by atoms with Crippen molar-refractivity contribution in [1.82, 2.24) is 9.47 Å². The maximum Gasteiger partial charge on any atom is 0.310 e. The minimum atomic E-state index is -0.355. The zero-order valence-electron chi connectivity index (χ0n) is 21.9. The van der Waals surface area contributed by atoms with E-state index in [4.69, 9.17) is 21.7 Å². The molecule has 1 amide bonds. The molecule has 2 saturated heterocycles. The molecule has 37 heavy (non-hydrogen) atoms. The molecule has 0 bridgehead atoms. The van der Waals surface area contributed by atoms with Crippen LogP contribution in [-0.2, 0) is 25.6 Å². The Bertz CT molecular complexity index is 1190. The summed E-state index contributed by atoms with van der Waals surface area (Å²) >= 11 is 6.63. The highest BCUT2D eigenvalue weighted by molar-refractivity contribution is 8.26. The molecule has 1 unspecified atom stereocenters. The molecule has 9 nitrogen and oxygen atoms in total. The molecule has 200 valence electrons. The van der Waals surface area contributed by atoms with E-state index in [1.54, 1.807) is 31.6 Å². The highest BCUT2D eigenvalue weighted by Crippen LogP contribution is 2.37. The molecule has 0 aromatic carbocycles. The number of carbonyl (C=O) groups excluding carboxylic acids is 2. The summed E-state index contributed by atoms with van der Waals surface area (Å²) in [5.74, 6) is -0.170. The Balaban J connectivity index is 2.18. The average Bonchev–Trinajstić information content (AvgIpc) is 3.15. The predicted octanol–water partition coefficient (Wildman–Crippen LogP) is 3.46. The van der Waals surface area contributed by atoms with Crippen LogP contribution in [0.3, 0.4) is 0 Å². The summed E-state index contributed by atoms with van der Waals surface area (Å²) in [7, 11) is 1.56. The fourth-order valence-corrected chi connectivity index (χ4v) is 5.93. The summed E-state index contributed by atoms with van der Waals surface area (Å²) in [5.41, 5.74) is 0.839. The van der Waals surface area contributed by atoms with Crippen molar-refractivity contribution in [2.24, 2.45) is 5.92 Å². The summed E-state index contributed by atoms with van der Waals surface area (Å²) in [6, 6.07) is 2.08. The van der Waals surface area contributed by atoms with Crippen molar-refractivity contribution in [2.75, 3.05) is 44.9 Å². The first-order chi connectivity index (χ1) is 17.8. The van der Waals surface area contributed by atoms with Gasteiger partial charge in [-0.1, -0.05) is 37.3 Å². The predicted molar refractivity (Wildman–Crippen MR) is 148 cm³/mol. The zero-order valence-corrected chi connectivity index (χ0v) is 23.5. The quantitative estimate of drug-likeness (QED) is 0.248. The van der Waals surface area contributed by atoms with Gasteiger partial charge in [-0.2, -0.15) is 5.26 Å². The van der Waals surface area contributed by atoms with Gasteiger partial charge in [0.25, 0.3) is 11.5 Å². The molecule has 3 rings (SSSR count). The van der Waals surface area contributed by atoms with Gasteiger partial charge in [-0.15, -0.1) is 0 Å². The Labute approximate surface area is 227 Å². The van der Waals surface area contributed by atoms with Gasteiger partial charge in [-0.05, 0) is 44.7 Å². The molecule has 0 spiro atoms. The minimum absolute atomic E-state index is 0.0555. The van der Waals surface area contributed by atoms with Crippen molar-refractivity contribution in [3.8, 4) is 6.07 Å². The number of amides is 1. The van der Waals surface area contributed by atoms with Gasteiger partial charge in [0.1, 0.15) is 21.8 Å². The van der Waals surface area contributed by atoms with E-state index < -0.39 is 0 Å². The van der Waals surface area contributed by atoms with Crippen LogP contribution in [0.15, 0.2) is 9.70 Å². The first-order valence-electron chi connectivity index (χ1n) is 12.6. The number of piperidine rings is 1. The number of rotatable bonds is 10. The van der Waals surface area contributed by atoms with E-state index in [0.717, 1.165) is 19.3 Å².